The summed E-state index contributed by atoms with van der Waals surface area (Å²) in [5, 5.41) is 0.422. The van der Waals surface area contributed by atoms with E-state index in [1.165, 1.54) is 7.11 Å². The summed E-state index contributed by atoms with van der Waals surface area (Å²) in [4.78, 5) is 28.2. The molecule has 0 fully saturated rings. The minimum Gasteiger partial charge on any atom is -0.468 e. The van der Waals surface area contributed by atoms with Crippen molar-refractivity contribution < 1.29 is 13.9 Å². The number of carbonyl (C=O) groups is 1. The van der Waals surface area contributed by atoms with Crippen LogP contribution < -0.4 is 11.3 Å². The molecule has 0 saturated heterocycles. The SMILES string of the molecule is COC(=O)[C@@H](N)C(c1nc(=O)c2ccc(C)c(C)c2o1)C(C)C. The molecule has 0 aliphatic carbocycles. The molecule has 1 aromatic carbocycles. The van der Waals surface area contributed by atoms with Crippen LogP contribution >= 0.6 is 0 Å². The lowest BCUT2D eigenvalue weighted by Gasteiger charge is -2.23. The third-order valence-electron chi connectivity index (χ3n) is 4.19. The summed E-state index contributed by atoms with van der Waals surface area (Å²) in [6.07, 6.45) is 0. The van der Waals surface area contributed by atoms with Crippen molar-refractivity contribution in [3.05, 3.63) is 39.5 Å². The van der Waals surface area contributed by atoms with Gasteiger partial charge in [0.15, 0.2) is 0 Å². The first-order valence-corrected chi connectivity index (χ1v) is 7.52. The zero-order valence-corrected chi connectivity index (χ0v) is 14.0. The molecule has 0 radical (unpaired) electrons. The smallest absolute Gasteiger partial charge is 0.323 e. The normalized spacial score (nSPS) is 14.0. The van der Waals surface area contributed by atoms with Crippen LogP contribution in [0.4, 0.5) is 0 Å². The number of hydrogen-bond acceptors (Lipinski definition) is 6. The first-order valence-electron chi connectivity index (χ1n) is 7.52. The Hall–Kier alpha value is -2.21. The number of methoxy groups -OCH3 is 1. The highest BCUT2D eigenvalue weighted by atomic mass is 16.5. The third kappa shape index (κ3) is 3.12. The summed E-state index contributed by atoms with van der Waals surface area (Å²) < 4.78 is 10.6. The van der Waals surface area contributed by atoms with Crippen molar-refractivity contribution in [1.82, 2.24) is 4.98 Å². The number of nitrogens with two attached hydrogens (primary N) is 1. The van der Waals surface area contributed by atoms with Crippen LogP contribution in [0.25, 0.3) is 11.0 Å². The zero-order chi connectivity index (χ0) is 17.3. The van der Waals surface area contributed by atoms with E-state index in [1.54, 1.807) is 6.07 Å². The number of aryl methyl sites for hydroxylation is 2. The van der Waals surface area contributed by atoms with Crippen molar-refractivity contribution in [2.24, 2.45) is 11.7 Å². The topological polar surface area (TPSA) is 95.4 Å². The Morgan fingerprint density at radius 2 is 1.96 bits per heavy atom. The molecule has 23 heavy (non-hydrogen) atoms. The number of esters is 1. The number of benzene rings is 1. The summed E-state index contributed by atoms with van der Waals surface area (Å²) in [5.41, 5.74) is 7.98. The standard InChI is InChI=1S/C17H22N2O4/c1-8(2)12(13(18)17(21)22-5)16-19-15(20)11-7-6-9(3)10(4)14(11)23-16/h6-8,12-13H,18H2,1-5H3/t12?,13-/m0/s1. The zero-order valence-electron chi connectivity index (χ0n) is 14.0. The van der Waals surface area contributed by atoms with E-state index in [2.05, 4.69) is 4.98 Å². The maximum absolute atomic E-state index is 12.3. The van der Waals surface area contributed by atoms with Gasteiger partial charge in [0.25, 0.3) is 5.56 Å². The Bertz CT molecular complexity index is 795. The highest BCUT2D eigenvalue weighted by Gasteiger charge is 2.33. The van der Waals surface area contributed by atoms with Crippen LogP contribution in [0, 0.1) is 19.8 Å². The first-order chi connectivity index (χ1) is 10.8. The van der Waals surface area contributed by atoms with Gasteiger partial charge in [-0.05, 0) is 37.0 Å². The van der Waals surface area contributed by atoms with E-state index in [-0.39, 0.29) is 17.4 Å². The van der Waals surface area contributed by atoms with Crippen molar-refractivity contribution in [3.63, 3.8) is 0 Å². The van der Waals surface area contributed by atoms with Gasteiger partial charge in [-0.3, -0.25) is 9.59 Å². The maximum atomic E-state index is 12.3. The fourth-order valence-electron chi connectivity index (χ4n) is 2.66. The van der Waals surface area contributed by atoms with Gasteiger partial charge >= 0.3 is 5.97 Å². The van der Waals surface area contributed by atoms with Gasteiger partial charge in [0, 0.05) is 0 Å². The molecule has 124 valence electrons. The molecule has 2 N–H and O–H groups in total. The second kappa shape index (κ2) is 6.50. The van der Waals surface area contributed by atoms with Gasteiger partial charge in [0.2, 0.25) is 5.89 Å². The summed E-state index contributed by atoms with van der Waals surface area (Å²) in [6.45, 7) is 7.61. The molecule has 2 atom stereocenters. The van der Waals surface area contributed by atoms with Crippen LogP contribution in [0.5, 0.6) is 0 Å². The lowest BCUT2D eigenvalue weighted by Crippen LogP contribution is -2.40. The van der Waals surface area contributed by atoms with Crippen LogP contribution in [-0.2, 0) is 9.53 Å². The molecular formula is C17H22N2O4. The molecule has 1 unspecified atom stereocenters. The molecule has 0 spiro atoms. The average Bonchev–Trinajstić information content (AvgIpc) is 2.50. The van der Waals surface area contributed by atoms with E-state index >= 15 is 0 Å². The number of ether oxygens (including phenoxy) is 1. The monoisotopic (exact) mass is 318 g/mol. The number of nitrogens with zero attached hydrogens (tertiary/aromatic N) is 1. The number of fused-ring (bicyclic) bond motifs is 1. The van der Waals surface area contributed by atoms with Gasteiger partial charge in [-0.1, -0.05) is 19.9 Å². The van der Waals surface area contributed by atoms with Crippen molar-refractivity contribution in [2.45, 2.75) is 39.7 Å². The molecule has 1 heterocycles. The lowest BCUT2D eigenvalue weighted by atomic mass is 9.88. The third-order valence-corrected chi connectivity index (χ3v) is 4.19. The van der Waals surface area contributed by atoms with Crippen LogP contribution in [-0.4, -0.2) is 24.1 Å². The van der Waals surface area contributed by atoms with Gasteiger partial charge < -0.3 is 14.9 Å². The second-order valence-corrected chi connectivity index (χ2v) is 6.06. The van der Waals surface area contributed by atoms with E-state index in [0.29, 0.717) is 11.0 Å². The Labute approximate surface area is 134 Å². The van der Waals surface area contributed by atoms with Crippen LogP contribution in [0.15, 0.2) is 21.3 Å². The molecule has 6 heteroatoms. The predicted molar refractivity (Wildman–Crippen MR) is 87.3 cm³/mol. The van der Waals surface area contributed by atoms with Gasteiger partial charge in [-0.15, -0.1) is 0 Å². The fourth-order valence-corrected chi connectivity index (χ4v) is 2.66. The Morgan fingerprint density at radius 1 is 1.30 bits per heavy atom. The molecule has 1 aromatic heterocycles. The summed E-state index contributed by atoms with van der Waals surface area (Å²) in [6, 6.07) is 2.61. The quantitative estimate of drug-likeness (QED) is 0.867. The highest BCUT2D eigenvalue weighted by Crippen LogP contribution is 2.29. The minimum atomic E-state index is -0.946. The number of rotatable bonds is 4. The molecule has 0 aliphatic rings. The Balaban J connectivity index is 2.67. The molecule has 0 saturated carbocycles. The van der Waals surface area contributed by atoms with E-state index in [1.807, 2.05) is 33.8 Å². The molecule has 0 bridgehead atoms. The van der Waals surface area contributed by atoms with Gasteiger partial charge in [-0.25, -0.2) is 0 Å². The van der Waals surface area contributed by atoms with E-state index in [4.69, 9.17) is 14.9 Å². The molecule has 2 aromatic rings. The van der Waals surface area contributed by atoms with Crippen LogP contribution in [0.1, 0.15) is 36.8 Å². The van der Waals surface area contributed by atoms with Crippen molar-refractivity contribution >= 4 is 16.9 Å². The molecule has 0 aliphatic heterocycles. The number of carbonyl (C=O) groups excluding carboxylic acids is 1. The van der Waals surface area contributed by atoms with Crippen molar-refractivity contribution in [1.29, 1.82) is 0 Å². The number of aromatic nitrogens is 1. The Kier molecular flexibility index (Phi) is 4.85. The fraction of sp³-hybridized carbons (Fsp3) is 0.471. The van der Waals surface area contributed by atoms with E-state index in [0.717, 1.165) is 11.1 Å². The van der Waals surface area contributed by atoms with E-state index in [9.17, 15) is 9.59 Å². The van der Waals surface area contributed by atoms with Crippen LogP contribution in [0.2, 0.25) is 0 Å². The lowest BCUT2D eigenvalue weighted by molar-refractivity contribution is -0.143. The minimum absolute atomic E-state index is 0.0534. The molecule has 6 nitrogen and oxygen atoms in total. The van der Waals surface area contributed by atoms with Crippen molar-refractivity contribution in [3.8, 4) is 0 Å². The van der Waals surface area contributed by atoms with E-state index < -0.39 is 17.9 Å². The summed E-state index contributed by atoms with van der Waals surface area (Å²) in [7, 11) is 1.27. The van der Waals surface area contributed by atoms with Gasteiger partial charge in [-0.2, -0.15) is 4.98 Å². The number of hydrogen-bond donors (Lipinski definition) is 1. The summed E-state index contributed by atoms with van der Waals surface area (Å²) >= 11 is 0. The summed E-state index contributed by atoms with van der Waals surface area (Å²) in [5.74, 6) is -0.986. The first kappa shape index (κ1) is 17.1. The predicted octanol–water partition coefficient (Wildman–Crippen LogP) is 2.04. The molecule has 2 rings (SSSR count). The Morgan fingerprint density at radius 3 is 2.52 bits per heavy atom. The van der Waals surface area contributed by atoms with Crippen molar-refractivity contribution in [2.75, 3.05) is 7.11 Å². The molecule has 0 amide bonds. The van der Waals surface area contributed by atoms with Gasteiger partial charge in [0.05, 0.1) is 18.4 Å². The average molecular weight is 318 g/mol. The largest absolute Gasteiger partial charge is 0.468 e. The highest BCUT2D eigenvalue weighted by molar-refractivity contribution is 5.80. The van der Waals surface area contributed by atoms with Gasteiger partial charge in [0.1, 0.15) is 11.6 Å². The second-order valence-electron chi connectivity index (χ2n) is 6.06. The van der Waals surface area contributed by atoms with Crippen LogP contribution in [0.3, 0.4) is 0 Å². The maximum Gasteiger partial charge on any atom is 0.323 e. The molecular weight excluding hydrogens is 296 g/mol.